The molecule has 0 unspecified atom stereocenters. The van der Waals surface area contributed by atoms with Crippen LogP contribution in [0.4, 0.5) is 5.69 Å². The van der Waals surface area contributed by atoms with Gasteiger partial charge in [-0.1, -0.05) is 5.92 Å². The molecule has 1 aromatic rings. The van der Waals surface area contributed by atoms with E-state index in [4.69, 9.17) is 12.2 Å². The van der Waals surface area contributed by atoms with Gasteiger partial charge in [0.05, 0.1) is 11.4 Å². The zero-order valence-corrected chi connectivity index (χ0v) is 8.07. The van der Waals surface area contributed by atoms with Crippen LogP contribution in [0.15, 0.2) is 6.07 Å². The van der Waals surface area contributed by atoms with Gasteiger partial charge in [0, 0.05) is 10.6 Å². The second-order valence-corrected chi connectivity index (χ2v) is 3.77. The molecular formula is C9H10N2OS. The number of terminal acetylenes is 1. The number of hydrogen-bond donors (Lipinski definition) is 2. The molecule has 0 fully saturated rings. The number of nitrogen functional groups attached to an aromatic ring is 1. The Kier molecular flexibility index (Phi) is 2.93. The third-order valence-corrected chi connectivity index (χ3v) is 2.60. The van der Waals surface area contributed by atoms with E-state index in [1.807, 2.05) is 6.92 Å². The minimum absolute atomic E-state index is 0.164. The number of amides is 1. The molecule has 0 aromatic carbocycles. The van der Waals surface area contributed by atoms with Crippen LogP contribution in [0.3, 0.4) is 0 Å². The largest absolute Gasteiger partial charge is 0.398 e. The minimum Gasteiger partial charge on any atom is -0.398 e. The molecule has 0 spiro atoms. The third-order valence-electron chi connectivity index (χ3n) is 1.53. The Morgan fingerprint density at radius 2 is 2.54 bits per heavy atom. The molecule has 0 saturated carbocycles. The van der Waals surface area contributed by atoms with Crippen molar-refractivity contribution in [1.82, 2.24) is 5.32 Å². The second kappa shape index (κ2) is 3.97. The van der Waals surface area contributed by atoms with E-state index in [0.717, 1.165) is 4.88 Å². The predicted molar refractivity (Wildman–Crippen MR) is 54.6 cm³/mol. The SMILES string of the molecule is C#CCNC(=O)c1cc(N)c(C)s1. The van der Waals surface area contributed by atoms with Crippen molar-refractivity contribution >= 4 is 22.9 Å². The molecule has 0 aliphatic rings. The van der Waals surface area contributed by atoms with Crippen LogP contribution in [0.1, 0.15) is 14.5 Å². The Morgan fingerprint density at radius 1 is 1.85 bits per heavy atom. The van der Waals surface area contributed by atoms with Crippen molar-refractivity contribution in [2.75, 3.05) is 12.3 Å². The van der Waals surface area contributed by atoms with Gasteiger partial charge in [-0.3, -0.25) is 4.79 Å². The highest BCUT2D eigenvalue weighted by atomic mass is 32.1. The maximum absolute atomic E-state index is 11.3. The molecular weight excluding hydrogens is 184 g/mol. The number of anilines is 1. The molecule has 3 nitrogen and oxygen atoms in total. The second-order valence-electron chi connectivity index (χ2n) is 2.51. The van der Waals surface area contributed by atoms with E-state index >= 15 is 0 Å². The molecule has 4 heteroatoms. The van der Waals surface area contributed by atoms with Crippen LogP contribution in [0.25, 0.3) is 0 Å². The zero-order valence-electron chi connectivity index (χ0n) is 7.26. The highest BCUT2D eigenvalue weighted by Crippen LogP contribution is 2.22. The molecule has 1 amide bonds. The normalized spacial score (nSPS) is 9.23. The first-order chi connectivity index (χ1) is 6.15. The van der Waals surface area contributed by atoms with E-state index < -0.39 is 0 Å². The number of carbonyl (C=O) groups excluding carboxylic acids is 1. The lowest BCUT2D eigenvalue weighted by atomic mass is 10.3. The standard InChI is InChI=1S/C9H10N2OS/c1-3-4-11-9(12)8-5-7(10)6(2)13-8/h1,5H,4,10H2,2H3,(H,11,12). The summed E-state index contributed by atoms with van der Waals surface area (Å²) in [4.78, 5) is 12.9. The molecule has 0 saturated heterocycles. The van der Waals surface area contributed by atoms with Gasteiger partial charge in [-0.25, -0.2) is 0 Å². The van der Waals surface area contributed by atoms with Gasteiger partial charge in [0.25, 0.3) is 5.91 Å². The molecule has 0 atom stereocenters. The van der Waals surface area contributed by atoms with Gasteiger partial charge >= 0.3 is 0 Å². The topological polar surface area (TPSA) is 55.1 Å². The van der Waals surface area contributed by atoms with Crippen LogP contribution in [0, 0.1) is 19.3 Å². The van der Waals surface area contributed by atoms with Crippen molar-refractivity contribution in [1.29, 1.82) is 0 Å². The summed E-state index contributed by atoms with van der Waals surface area (Å²) < 4.78 is 0. The fraction of sp³-hybridized carbons (Fsp3) is 0.222. The zero-order chi connectivity index (χ0) is 9.84. The molecule has 13 heavy (non-hydrogen) atoms. The number of rotatable bonds is 2. The monoisotopic (exact) mass is 194 g/mol. The van der Waals surface area contributed by atoms with Crippen molar-refractivity contribution in [3.8, 4) is 12.3 Å². The molecule has 0 aliphatic carbocycles. The van der Waals surface area contributed by atoms with Gasteiger partial charge in [0.2, 0.25) is 0 Å². The van der Waals surface area contributed by atoms with Crippen molar-refractivity contribution < 1.29 is 4.79 Å². The highest BCUT2D eigenvalue weighted by Gasteiger charge is 2.09. The van der Waals surface area contributed by atoms with Gasteiger partial charge in [-0.05, 0) is 13.0 Å². The van der Waals surface area contributed by atoms with Crippen LogP contribution in [0.2, 0.25) is 0 Å². The van der Waals surface area contributed by atoms with Crippen LogP contribution in [0.5, 0.6) is 0 Å². The first-order valence-electron chi connectivity index (χ1n) is 3.72. The third kappa shape index (κ3) is 2.23. The van der Waals surface area contributed by atoms with Crippen LogP contribution in [-0.4, -0.2) is 12.5 Å². The quantitative estimate of drug-likeness (QED) is 0.690. The van der Waals surface area contributed by atoms with Crippen molar-refractivity contribution in [2.45, 2.75) is 6.92 Å². The Balaban J connectivity index is 2.73. The Bertz CT molecular complexity index is 343. The van der Waals surface area contributed by atoms with Gasteiger partial charge in [0.1, 0.15) is 0 Å². The van der Waals surface area contributed by atoms with Crippen LogP contribution < -0.4 is 11.1 Å². The summed E-state index contributed by atoms with van der Waals surface area (Å²) in [6.45, 7) is 2.12. The number of hydrogen-bond acceptors (Lipinski definition) is 3. The van der Waals surface area contributed by atoms with E-state index in [9.17, 15) is 4.79 Å². The minimum atomic E-state index is -0.164. The van der Waals surface area contributed by atoms with Gasteiger partial charge in [-0.15, -0.1) is 17.8 Å². The Morgan fingerprint density at radius 3 is 3.00 bits per heavy atom. The fourth-order valence-corrected chi connectivity index (χ4v) is 1.68. The summed E-state index contributed by atoms with van der Waals surface area (Å²) in [5.74, 6) is 2.17. The van der Waals surface area contributed by atoms with Crippen LogP contribution in [-0.2, 0) is 0 Å². The Labute approximate surface area is 80.9 Å². The first kappa shape index (κ1) is 9.62. The number of nitrogens with one attached hydrogen (secondary N) is 1. The molecule has 0 radical (unpaired) electrons. The summed E-state index contributed by atoms with van der Waals surface area (Å²) in [5.41, 5.74) is 6.25. The van der Waals surface area contributed by atoms with Crippen molar-refractivity contribution in [3.05, 3.63) is 15.8 Å². The smallest absolute Gasteiger partial charge is 0.262 e. The molecule has 0 bridgehead atoms. The van der Waals surface area contributed by atoms with Crippen LogP contribution >= 0.6 is 11.3 Å². The summed E-state index contributed by atoms with van der Waals surface area (Å²) >= 11 is 1.37. The summed E-state index contributed by atoms with van der Waals surface area (Å²) in [7, 11) is 0. The number of thiophene rings is 1. The number of carbonyl (C=O) groups is 1. The van der Waals surface area contributed by atoms with Gasteiger partial charge in [0.15, 0.2) is 0 Å². The molecule has 3 N–H and O–H groups in total. The predicted octanol–water partition coefficient (Wildman–Crippen LogP) is 1.00. The van der Waals surface area contributed by atoms with Crippen molar-refractivity contribution in [2.24, 2.45) is 0 Å². The Hall–Kier alpha value is -1.47. The van der Waals surface area contributed by atoms with Crippen molar-refractivity contribution in [3.63, 3.8) is 0 Å². The lowest BCUT2D eigenvalue weighted by Crippen LogP contribution is -2.22. The molecule has 68 valence electrons. The van der Waals surface area contributed by atoms with E-state index in [1.54, 1.807) is 6.07 Å². The molecule has 1 heterocycles. The maximum Gasteiger partial charge on any atom is 0.262 e. The van der Waals surface area contributed by atoms with E-state index in [1.165, 1.54) is 11.3 Å². The number of nitrogens with two attached hydrogens (primary N) is 1. The van der Waals surface area contributed by atoms with Gasteiger partial charge in [-0.2, -0.15) is 0 Å². The summed E-state index contributed by atoms with van der Waals surface area (Å²) in [6.07, 6.45) is 5.00. The van der Waals surface area contributed by atoms with Gasteiger partial charge < -0.3 is 11.1 Å². The average molecular weight is 194 g/mol. The molecule has 1 aromatic heterocycles. The first-order valence-corrected chi connectivity index (χ1v) is 4.54. The lowest BCUT2D eigenvalue weighted by Gasteiger charge is -1.95. The fourth-order valence-electron chi connectivity index (χ4n) is 0.827. The van der Waals surface area contributed by atoms with E-state index in [2.05, 4.69) is 11.2 Å². The highest BCUT2D eigenvalue weighted by molar-refractivity contribution is 7.14. The summed E-state index contributed by atoms with van der Waals surface area (Å²) in [5, 5.41) is 2.57. The molecule has 0 aliphatic heterocycles. The molecule has 1 rings (SSSR count). The average Bonchev–Trinajstić information content (AvgIpc) is 2.43. The number of aryl methyl sites for hydroxylation is 1. The van der Waals surface area contributed by atoms with E-state index in [-0.39, 0.29) is 12.5 Å². The summed E-state index contributed by atoms with van der Waals surface area (Å²) in [6, 6.07) is 1.66. The lowest BCUT2D eigenvalue weighted by molar-refractivity contribution is 0.0963. The van der Waals surface area contributed by atoms with E-state index in [0.29, 0.717) is 10.6 Å². The maximum atomic E-state index is 11.3.